The van der Waals surface area contributed by atoms with Crippen LogP contribution in [0.1, 0.15) is 78.4 Å². The zero-order chi connectivity index (χ0) is 57.3. The van der Waals surface area contributed by atoms with E-state index in [0.717, 1.165) is 5.56 Å². The van der Waals surface area contributed by atoms with Crippen molar-refractivity contribution in [2.24, 2.45) is 38.9 Å². The maximum absolute atomic E-state index is 14.1. The SMILES string of the molecule is C.CCOC(=O)C(=O)C[C@H](Cc1ccc(-c2cc(Cl)ccc2F)cc1)C[C@@](C)(CO)C(=O)O.CCOC(=O)C(=O)N[C@H](Cc1ccc(-c2cc(Cl)ccc2F)cc1)C[C@@](C)(CO)C(=O)O.NC(N)=NCCCC(N)C(=O)O. The van der Waals surface area contributed by atoms with Gasteiger partial charge in [-0.1, -0.05) is 79.2 Å². The molecule has 0 bridgehead atoms. The highest BCUT2D eigenvalue weighted by atomic mass is 35.5. The number of aliphatic carboxylic acids is 3. The molecule has 0 aliphatic carbocycles. The first-order valence-corrected chi connectivity index (χ1v) is 24.5. The topological polar surface area (TPSA) is 342 Å². The number of halogens is 4. The average molecular weight is 1120 g/mol. The third-order valence-electron chi connectivity index (χ3n) is 11.6. The zero-order valence-corrected chi connectivity index (χ0v) is 43.9. The predicted molar refractivity (Wildman–Crippen MR) is 287 cm³/mol. The van der Waals surface area contributed by atoms with Crippen LogP contribution in [0.25, 0.3) is 22.3 Å². The Hall–Kier alpha value is -7.04. The number of guanidine groups is 1. The second kappa shape index (κ2) is 33.2. The van der Waals surface area contributed by atoms with Crippen molar-refractivity contribution in [1.82, 2.24) is 5.32 Å². The van der Waals surface area contributed by atoms with E-state index in [-0.39, 0.29) is 58.7 Å². The van der Waals surface area contributed by atoms with Crippen LogP contribution in [0.15, 0.2) is 89.9 Å². The fourth-order valence-corrected chi connectivity index (χ4v) is 7.69. The second-order valence-electron chi connectivity index (χ2n) is 18.0. The summed E-state index contributed by atoms with van der Waals surface area (Å²) in [6, 6.07) is 20.6. The van der Waals surface area contributed by atoms with Gasteiger partial charge in [-0.2, -0.15) is 0 Å². The van der Waals surface area contributed by atoms with Crippen LogP contribution in [0.3, 0.4) is 0 Å². The van der Waals surface area contributed by atoms with Gasteiger partial charge < -0.3 is 57.5 Å². The normalized spacial score (nSPS) is 13.3. The molecule has 0 aliphatic rings. The Bertz CT molecular complexity index is 2480. The molecule has 4 rings (SSSR count). The van der Waals surface area contributed by atoms with Gasteiger partial charge in [-0.05, 0) is 131 Å². The lowest BCUT2D eigenvalue weighted by molar-refractivity contribution is -0.155. The Morgan fingerprint density at radius 3 is 1.55 bits per heavy atom. The number of carboxylic acids is 3. The smallest absolute Gasteiger partial charge is 0.396 e. The summed E-state index contributed by atoms with van der Waals surface area (Å²) in [4.78, 5) is 85.0. The van der Waals surface area contributed by atoms with Crippen molar-refractivity contribution in [2.75, 3.05) is 33.0 Å². The molecule has 4 aromatic carbocycles. The Kier molecular flexibility index (Phi) is 29.3. The van der Waals surface area contributed by atoms with Crippen molar-refractivity contribution >= 4 is 70.7 Å². The number of amides is 1. The number of aliphatic hydroxyl groups is 2. The summed E-state index contributed by atoms with van der Waals surface area (Å²) in [7, 11) is 0. The Morgan fingerprint density at radius 2 is 1.13 bits per heavy atom. The number of carbonyl (C=O) groups excluding carboxylic acids is 4. The monoisotopic (exact) mass is 1120 g/mol. The van der Waals surface area contributed by atoms with Crippen LogP contribution in [-0.4, -0.2) is 118 Å². The number of Topliss-reactive ketones (excluding diaryl/α,β-unsaturated/α-hetero) is 1. The van der Waals surface area contributed by atoms with Crippen molar-refractivity contribution in [3.05, 3.63) is 118 Å². The Labute approximate surface area is 455 Å². The molecular weight excluding hydrogens is 1050 g/mol. The molecule has 23 heteroatoms. The summed E-state index contributed by atoms with van der Waals surface area (Å²) in [5.74, 6) is -8.59. The van der Waals surface area contributed by atoms with Crippen molar-refractivity contribution in [2.45, 2.75) is 92.2 Å². The van der Waals surface area contributed by atoms with Gasteiger partial charge in [0.2, 0.25) is 5.78 Å². The number of aliphatic imine (C=N–C) groups is 1. The van der Waals surface area contributed by atoms with Crippen LogP contribution in [-0.2, 0) is 55.9 Å². The Balaban J connectivity index is 0.000000630. The van der Waals surface area contributed by atoms with Crippen molar-refractivity contribution < 1.29 is 77.3 Å². The number of nitrogens with two attached hydrogens (primary N) is 3. The predicted octanol–water partition coefficient (Wildman–Crippen LogP) is 6.60. The van der Waals surface area contributed by atoms with E-state index in [1.807, 2.05) is 0 Å². The van der Waals surface area contributed by atoms with Gasteiger partial charge in [0.1, 0.15) is 17.7 Å². The number of carboxylic acid groups (broad SMARTS) is 3. The van der Waals surface area contributed by atoms with Crippen molar-refractivity contribution in [1.29, 1.82) is 0 Å². The molecule has 5 atom stereocenters. The number of carbonyl (C=O) groups is 7. The number of hydrogen-bond acceptors (Lipinski definition) is 13. The first-order valence-electron chi connectivity index (χ1n) is 23.7. The van der Waals surface area contributed by atoms with E-state index in [2.05, 4.69) is 15.0 Å². The molecule has 4 aromatic rings. The number of hydrogen-bond donors (Lipinski definition) is 9. The number of esters is 2. The third kappa shape index (κ3) is 23.0. The third-order valence-corrected chi connectivity index (χ3v) is 12.1. The van der Waals surface area contributed by atoms with E-state index in [1.54, 1.807) is 62.4 Å². The van der Waals surface area contributed by atoms with Crippen LogP contribution in [0.5, 0.6) is 0 Å². The van der Waals surface area contributed by atoms with Crippen molar-refractivity contribution in [3.63, 3.8) is 0 Å². The minimum absolute atomic E-state index is 0. The molecule has 0 radical (unpaired) electrons. The maximum atomic E-state index is 14.1. The molecule has 12 N–H and O–H groups in total. The van der Waals surface area contributed by atoms with Crippen LogP contribution >= 0.6 is 23.2 Å². The highest BCUT2D eigenvalue weighted by molar-refractivity contribution is 6.33. The molecule has 422 valence electrons. The van der Waals surface area contributed by atoms with Crippen molar-refractivity contribution in [3.8, 4) is 22.3 Å². The number of aliphatic hydroxyl groups excluding tert-OH is 2. The Morgan fingerprint density at radius 1 is 0.688 bits per heavy atom. The van der Waals surface area contributed by atoms with Gasteiger partial charge in [-0.15, -0.1) is 0 Å². The molecule has 0 aliphatic heterocycles. The van der Waals surface area contributed by atoms with Gasteiger partial charge in [-0.3, -0.25) is 29.0 Å². The lowest BCUT2D eigenvalue weighted by Crippen LogP contribution is -2.46. The first kappa shape index (κ1) is 68.0. The minimum Gasteiger partial charge on any atom is -0.481 e. The molecule has 1 unspecified atom stereocenters. The van der Waals surface area contributed by atoms with E-state index >= 15 is 0 Å². The summed E-state index contributed by atoms with van der Waals surface area (Å²) >= 11 is 11.9. The van der Waals surface area contributed by atoms with E-state index in [9.17, 15) is 62.8 Å². The number of nitrogens with zero attached hydrogens (tertiary/aromatic N) is 1. The fraction of sp³-hybridized carbons (Fsp3) is 0.407. The van der Waals surface area contributed by atoms with Gasteiger partial charge >= 0.3 is 35.8 Å². The summed E-state index contributed by atoms with van der Waals surface area (Å²) in [6.07, 6.45) is 1.05. The molecule has 0 spiro atoms. The van der Waals surface area contributed by atoms with Gasteiger partial charge in [0.05, 0.1) is 37.3 Å². The fourth-order valence-electron chi connectivity index (χ4n) is 7.35. The second-order valence-corrected chi connectivity index (χ2v) is 18.9. The lowest BCUT2D eigenvalue weighted by atomic mass is 9.77. The van der Waals surface area contributed by atoms with E-state index < -0.39 is 95.2 Å². The number of ether oxygens (including phenoxy) is 2. The standard InChI is InChI=1S/C24H26ClFO6.C23H25ClFNO6.C6H14N4O2.CH4/c1-3-32-22(29)21(28)11-16(13-24(2,14-27)23(30)31)10-15-4-6-17(7-5-15)19-12-18(25)8-9-20(19)26;1-3-32-21(29)20(28)26-17(12-23(2,13-27)22(30)31)10-14-4-6-15(7-5-14)18-11-16(24)8-9-19(18)25;7-4(5(11)12)2-1-3-10-6(8)9;/h4-9,12,16,27H,3,10-11,13-14H2,1-2H3,(H,30,31);4-9,11,17,27H,3,10,12-13H2,1-2H3,(H,26,28)(H,30,31);4H,1-3,7H2,(H,11,12)(H4,8,9,10);1H4/t16-,24-;17-,23+;;/m01../s1. The number of rotatable bonds is 25. The summed E-state index contributed by atoms with van der Waals surface area (Å²) in [5.41, 5.74) is 15.7. The first-order chi connectivity index (χ1) is 35.7. The highest BCUT2D eigenvalue weighted by Crippen LogP contribution is 2.33. The molecule has 0 saturated heterocycles. The highest BCUT2D eigenvalue weighted by Gasteiger charge is 2.38. The molecule has 0 heterocycles. The quantitative estimate of drug-likeness (QED) is 0.0111. The van der Waals surface area contributed by atoms with Gasteiger partial charge in [0, 0.05) is 40.2 Å². The van der Waals surface area contributed by atoms with Crippen LogP contribution in [0.2, 0.25) is 10.0 Å². The molecule has 0 fully saturated rings. The molecule has 0 aromatic heterocycles. The molecule has 0 saturated carbocycles. The van der Waals surface area contributed by atoms with Crippen LogP contribution < -0.4 is 22.5 Å². The van der Waals surface area contributed by atoms with Crippen LogP contribution in [0, 0.1) is 28.4 Å². The number of ketones is 1. The van der Waals surface area contributed by atoms with Gasteiger partial charge in [-0.25, -0.2) is 18.4 Å². The van der Waals surface area contributed by atoms with E-state index in [4.69, 9.17) is 50.2 Å². The molecular formula is C54H69Cl2F2N5O14. The molecule has 1 amide bonds. The summed E-state index contributed by atoms with van der Waals surface area (Å²) in [6.45, 7) is 5.11. The van der Waals surface area contributed by atoms with Crippen LogP contribution in [0.4, 0.5) is 8.78 Å². The zero-order valence-electron chi connectivity index (χ0n) is 42.4. The van der Waals surface area contributed by atoms with Gasteiger partial charge in [0.15, 0.2) is 5.96 Å². The lowest BCUT2D eigenvalue weighted by Gasteiger charge is -2.28. The maximum Gasteiger partial charge on any atom is 0.396 e. The van der Waals surface area contributed by atoms with E-state index in [1.165, 1.54) is 50.2 Å². The summed E-state index contributed by atoms with van der Waals surface area (Å²) < 4.78 is 37.7. The van der Waals surface area contributed by atoms with Gasteiger partial charge in [0.25, 0.3) is 0 Å². The summed E-state index contributed by atoms with van der Waals surface area (Å²) in [5, 5.41) is 49.8. The minimum atomic E-state index is -1.53. The largest absolute Gasteiger partial charge is 0.481 e. The van der Waals surface area contributed by atoms with E-state index in [0.29, 0.717) is 57.2 Å². The number of benzene rings is 4. The molecule has 19 nitrogen and oxygen atoms in total. The average Bonchev–Trinajstić information content (AvgIpc) is 3.37. The number of nitrogens with one attached hydrogen (secondary N) is 1. The molecule has 77 heavy (non-hydrogen) atoms.